The summed E-state index contributed by atoms with van der Waals surface area (Å²) in [6.45, 7) is 6.55. The number of amides is 2. The number of H-pyrrole nitrogens is 1. The van der Waals surface area contributed by atoms with Crippen molar-refractivity contribution < 1.29 is 18.8 Å². The quantitative estimate of drug-likeness (QED) is 0.419. The van der Waals surface area contributed by atoms with Gasteiger partial charge < -0.3 is 20.9 Å². The Hall–Kier alpha value is -4.01. The molecule has 0 aliphatic rings. The number of aromatic amines is 1. The molecule has 0 saturated carbocycles. The van der Waals surface area contributed by atoms with E-state index in [1.165, 1.54) is 30.6 Å². The van der Waals surface area contributed by atoms with E-state index in [-0.39, 0.29) is 28.5 Å². The average molecular weight is 454 g/mol. The third-order valence-electron chi connectivity index (χ3n) is 4.30. The van der Waals surface area contributed by atoms with Crippen LogP contribution in [0.3, 0.4) is 0 Å². The van der Waals surface area contributed by atoms with Crippen molar-refractivity contribution in [2.45, 2.75) is 20.8 Å². The van der Waals surface area contributed by atoms with Gasteiger partial charge in [-0.15, -0.1) is 0 Å². The summed E-state index contributed by atoms with van der Waals surface area (Å²) < 4.78 is 12.1. The van der Waals surface area contributed by atoms with Crippen LogP contribution in [0.2, 0.25) is 0 Å². The van der Waals surface area contributed by atoms with E-state index in [9.17, 15) is 18.8 Å². The highest BCUT2D eigenvalue weighted by Crippen LogP contribution is 2.15. The number of rotatable bonds is 6. The highest BCUT2D eigenvalue weighted by Gasteiger charge is 2.21. The summed E-state index contributed by atoms with van der Waals surface area (Å²) in [7, 11) is 1.82. The van der Waals surface area contributed by atoms with Crippen molar-refractivity contribution in [3.8, 4) is 0 Å². The van der Waals surface area contributed by atoms with Gasteiger partial charge in [-0.3, -0.25) is 14.4 Å². The molecule has 3 aromatic rings. The van der Waals surface area contributed by atoms with Crippen LogP contribution in [-0.4, -0.2) is 41.7 Å². The molecule has 0 aliphatic heterocycles. The number of anilines is 2. The van der Waals surface area contributed by atoms with Crippen molar-refractivity contribution in [1.82, 2.24) is 15.3 Å². The summed E-state index contributed by atoms with van der Waals surface area (Å²) in [5.74, 6) is -1.10. The van der Waals surface area contributed by atoms with E-state index in [0.29, 0.717) is 24.1 Å². The molecule has 3 rings (SSSR count). The molecule has 174 valence electrons. The minimum absolute atomic E-state index is 0.0484. The Labute approximate surface area is 192 Å². The second-order valence-corrected chi connectivity index (χ2v) is 8.32. The van der Waals surface area contributed by atoms with Gasteiger partial charge in [0.2, 0.25) is 0 Å². The summed E-state index contributed by atoms with van der Waals surface area (Å²) in [6.07, 6.45) is 2.02. The van der Waals surface area contributed by atoms with Gasteiger partial charge in [0.15, 0.2) is 5.69 Å². The lowest BCUT2D eigenvalue weighted by atomic mass is 9.97. The number of imidazole rings is 1. The van der Waals surface area contributed by atoms with E-state index in [4.69, 9.17) is 0 Å². The molecule has 2 aromatic carbocycles. The average Bonchev–Trinajstić information content (AvgIpc) is 3.29. The predicted octanol–water partition coefficient (Wildman–Crippen LogP) is 4.12. The fourth-order valence-corrected chi connectivity index (χ4v) is 2.53. The zero-order valence-electron chi connectivity index (χ0n) is 19.0. The van der Waals surface area contributed by atoms with Gasteiger partial charge in [0.25, 0.3) is 11.8 Å². The van der Waals surface area contributed by atoms with Crippen LogP contribution >= 0.6 is 0 Å². The van der Waals surface area contributed by atoms with Crippen LogP contribution in [0.4, 0.5) is 15.8 Å². The summed E-state index contributed by atoms with van der Waals surface area (Å²) >= 11 is 0. The second-order valence-electron chi connectivity index (χ2n) is 8.32. The molecule has 0 unspecified atom stereocenters. The molecular weight excluding hydrogens is 425 g/mol. The number of hydrogen-bond donors (Lipinski definition) is 4. The Balaban J connectivity index is 0.000000357. The molecule has 33 heavy (non-hydrogen) atoms. The molecule has 8 nitrogen and oxygen atoms in total. The molecule has 1 aromatic heterocycles. The first kappa shape index (κ1) is 25.3. The number of carbonyl (C=O) groups excluding carboxylic acids is 3. The third-order valence-corrected chi connectivity index (χ3v) is 4.30. The van der Waals surface area contributed by atoms with Gasteiger partial charge in [-0.1, -0.05) is 20.8 Å². The predicted molar refractivity (Wildman–Crippen MR) is 126 cm³/mol. The van der Waals surface area contributed by atoms with E-state index >= 15 is 0 Å². The van der Waals surface area contributed by atoms with Gasteiger partial charge in [0, 0.05) is 30.5 Å². The molecule has 0 saturated heterocycles. The lowest BCUT2D eigenvalue weighted by molar-refractivity contribution is 0.0923. The number of benzene rings is 2. The number of aldehydes is 1. The fraction of sp³-hybridized carbons (Fsp3) is 0.250. The van der Waals surface area contributed by atoms with Crippen molar-refractivity contribution in [3.05, 3.63) is 77.6 Å². The number of hydrogen-bond acceptors (Lipinski definition) is 5. The maximum Gasteiger partial charge on any atom is 0.276 e. The first-order chi connectivity index (χ1) is 15.6. The Morgan fingerprint density at radius 2 is 1.61 bits per heavy atom. The van der Waals surface area contributed by atoms with Gasteiger partial charge in [0.05, 0.1) is 6.33 Å². The summed E-state index contributed by atoms with van der Waals surface area (Å²) in [4.78, 5) is 41.3. The standard InChI is InChI=1S/C17H23N5O2.C7H5FO/c1-17(2,3)9-19-15(23)13-14(21-10-20-13)16(24)22-12-7-5-11(18-4)6-8-12;8-7-3-1-6(5-9)2-4-7/h5-8,10,18H,9H2,1-4H3,(H,19,23)(H,20,21)(H,22,24);1-5H. The van der Waals surface area contributed by atoms with Gasteiger partial charge in [-0.05, 0) is 53.9 Å². The molecule has 0 aliphatic carbocycles. The number of nitrogens with one attached hydrogen (secondary N) is 4. The molecule has 0 radical (unpaired) electrons. The van der Waals surface area contributed by atoms with Crippen LogP contribution in [0.5, 0.6) is 0 Å². The maximum atomic E-state index is 12.4. The minimum Gasteiger partial charge on any atom is -0.388 e. The van der Waals surface area contributed by atoms with Crippen LogP contribution in [0.1, 0.15) is 52.1 Å². The number of halogens is 1. The first-order valence-corrected chi connectivity index (χ1v) is 10.2. The molecule has 0 spiro atoms. The molecule has 0 fully saturated rings. The van der Waals surface area contributed by atoms with E-state index in [0.717, 1.165) is 5.69 Å². The van der Waals surface area contributed by atoms with E-state index in [2.05, 4.69) is 25.9 Å². The zero-order chi connectivity index (χ0) is 24.4. The summed E-state index contributed by atoms with van der Waals surface area (Å²) in [5.41, 5.74) is 2.24. The zero-order valence-corrected chi connectivity index (χ0v) is 19.0. The molecular formula is C24H28FN5O3. The van der Waals surface area contributed by atoms with Crippen LogP contribution < -0.4 is 16.0 Å². The van der Waals surface area contributed by atoms with E-state index in [1.807, 2.05) is 40.0 Å². The Morgan fingerprint density at radius 3 is 2.15 bits per heavy atom. The second kappa shape index (κ2) is 11.6. The lowest BCUT2D eigenvalue weighted by Crippen LogP contribution is -2.33. The van der Waals surface area contributed by atoms with E-state index in [1.54, 1.807) is 12.1 Å². The fourth-order valence-electron chi connectivity index (χ4n) is 2.53. The maximum absolute atomic E-state index is 12.4. The third kappa shape index (κ3) is 8.21. The van der Waals surface area contributed by atoms with Crippen molar-refractivity contribution in [1.29, 1.82) is 0 Å². The topological polar surface area (TPSA) is 116 Å². The number of aromatic nitrogens is 2. The molecule has 9 heteroatoms. The first-order valence-electron chi connectivity index (χ1n) is 10.2. The van der Waals surface area contributed by atoms with Crippen LogP contribution in [0.25, 0.3) is 0 Å². The SMILES string of the molecule is CNc1ccc(NC(=O)c2nc[nH]c2C(=O)NCC(C)(C)C)cc1.O=Cc1ccc(F)cc1. The Kier molecular flexibility index (Phi) is 8.85. The smallest absolute Gasteiger partial charge is 0.276 e. The summed E-state index contributed by atoms with van der Waals surface area (Å²) in [5, 5.41) is 8.54. The monoisotopic (exact) mass is 453 g/mol. The molecule has 1 heterocycles. The van der Waals surface area contributed by atoms with Crippen LogP contribution in [0, 0.1) is 11.2 Å². The van der Waals surface area contributed by atoms with Crippen molar-refractivity contribution in [2.24, 2.45) is 5.41 Å². The highest BCUT2D eigenvalue weighted by molar-refractivity contribution is 6.10. The van der Waals surface area contributed by atoms with Gasteiger partial charge in [-0.2, -0.15) is 0 Å². The Morgan fingerprint density at radius 1 is 1.00 bits per heavy atom. The Bertz CT molecular complexity index is 1070. The van der Waals surface area contributed by atoms with Gasteiger partial charge in [0.1, 0.15) is 17.8 Å². The number of nitrogens with zero attached hydrogens (tertiary/aromatic N) is 1. The normalized spacial score (nSPS) is 10.5. The van der Waals surface area contributed by atoms with Gasteiger partial charge in [-0.25, -0.2) is 9.37 Å². The minimum atomic E-state index is -0.436. The van der Waals surface area contributed by atoms with E-state index < -0.39 is 5.91 Å². The lowest BCUT2D eigenvalue weighted by Gasteiger charge is -2.18. The molecule has 2 amide bonds. The number of carbonyl (C=O) groups is 3. The van der Waals surface area contributed by atoms with Crippen molar-refractivity contribution >= 4 is 29.5 Å². The van der Waals surface area contributed by atoms with Gasteiger partial charge >= 0.3 is 0 Å². The molecule has 0 bridgehead atoms. The van der Waals surface area contributed by atoms with Crippen LogP contribution in [0.15, 0.2) is 54.9 Å². The largest absolute Gasteiger partial charge is 0.388 e. The molecule has 4 N–H and O–H groups in total. The van der Waals surface area contributed by atoms with Crippen LogP contribution in [-0.2, 0) is 0 Å². The molecule has 0 atom stereocenters. The van der Waals surface area contributed by atoms with Crippen molar-refractivity contribution in [3.63, 3.8) is 0 Å². The summed E-state index contributed by atoms with van der Waals surface area (Å²) in [6, 6.07) is 12.6. The van der Waals surface area contributed by atoms with Crippen molar-refractivity contribution in [2.75, 3.05) is 24.2 Å². The highest BCUT2D eigenvalue weighted by atomic mass is 19.1.